The summed E-state index contributed by atoms with van der Waals surface area (Å²) in [5.41, 5.74) is 3.40. The van der Waals surface area contributed by atoms with Gasteiger partial charge in [0.1, 0.15) is 17.2 Å². The van der Waals surface area contributed by atoms with Crippen molar-refractivity contribution in [1.29, 1.82) is 0 Å². The largest absolute Gasteiger partial charge is 0.492 e. The molecule has 9 heteroatoms. The second-order valence-corrected chi connectivity index (χ2v) is 9.29. The smallest absolute Gasteiger partial charge is 0.262 e. The Balaban J connectivity index is 1.51. The zero-order valence-electron chi connectivity index (χ0n) is 19.7. The molecule has 2 aliphatic heterocycles. The molecule has 1 N–H and O–H groups in total. The van der Waals surface area contributed by atoms with E-state index in [1.165, 1.54) is 0 Å². The molecule has 182 valence electrons. The molecule has 0 spiro atoms. The molecular weight excluding hydrogens is 464 g/mol. The number of rotatable bonds is 8. The van der Waals surface area contributed by atoms with Crippen molar-refractivity contribution in [3.63, 3.8) is 0 Å². The average molecular weight is 493 g/mol. The molecule has 2 aromatic carbocycles. The number of carbonyl (C=O) groups excluding carboxylic acids is 2. The Hall–Kier alpha value is -3.59. The van der Waals surface area contributed by atoms with Gasteiger partial charge in [-0.25, -0.2) is 4.99 Å². The first-order chi connectivity index (χ1) is 17.1. The quantitative estimate of drug-likeness (QED) is 0.511. The fraction of sp³-hybridized carbons (Fsp3) is 0.346. The highest BCUT2D eigenvalue weighted by atomic mass is 32.1. The number of ether oxygens (including phenoxy) is 2. The van der Waals surface area contributed by atoms with Crippen molar-refractivity contribution in [2.24, 2.45) is 4.99 Å². The molecular formula is C26H28N4O4S. The van der Waals surface area contributed by atoms with E-state index in [4.69, 9.17) is 14.5 Å². The fourth-order valence-electron chi connectivity index (χ4n) is 4.40. The maximum Gasteiger partial charge on any atom is 0.262 e. The van der Waals surface area contributed by atoms with E-state index >= 15 is 0 Å². The molecule has 0 radical (unpaired) electrons. The number of nitrogens with one attached hydrogen (secondary N) is 1. The van der Waals surface area contributed by atoms with E-state index in [2.05, 4.69) is 15.3 Å². The highest BCUT2D eigenvalue weighted by molar-refractivity contribution is 7.07. The number of carbonyl (C=O) groups is 2. The lowest BCUT2D eigenvalue weighted by Gasteiger charge is -2.19. The van der Waals surface area contributed by atoms with Crippen LogP contribution in [0.25, 0.3) is 11.3 Å². The molecule has 0 bridgehead atoms. The van der Waals surface area contributed by atoms with Gasteiger partial charge in [-0.15, -0.1) is 11.3 Å². The van der Waals surface area contributed by atoms with E-state index in [0.29, 0.717) is 31.0 Å². The van der Waals surface area contributed by atoms with Gasteiger partial charge in [-0.2, -0.15) is 0 Å². The van der Waals surface area contributed by atoms with E-state index in [9.17, 15) is 9.59 Å². The number of para-hydroxylation sites is 2. The van der Waals surface area contributed by atoms with E-state index in [1.54, 1.807) is 11.3 Å². The van der Waals surface area contributed by atoms with Crippen molar-refractivity contribution < 1.29 is 19.1 Å². The van der Waals surface area contributed by atoms with Gasteiger partial charge in [-0.1, -0.05) is 12.1 Å². The van der Waals surface area contributed by atoms with Crippen LogP contribution in [0.15, 0.2) is 52.8 Å². The van der Waals surface area contributed by atoms with E-state index in [-0.39, 0.29) is 18.4 Å². The molecule has 1 saturated heterocycles. The van der Waals surface area contributed by atoms with Crippen LogP contribution in [-0.2, 0) is 16.1 Å². The predicted octanol–water partition coefficient (Wildman–Crippen LogP) is 4.19. The van der Waals surface area contributed by atoms with Crippen LogP contribution < -0.4 is 19.6 Å². The number of anilines is 1. The topological polar surface area (TPSA) is 85.2 Å². The van der Waals surface area contributed by atoms with E-state index in [0.717, 1.165) is 53.4 Å². The van der Waals surface area contributed by atoms with Crippen molar-refractivity contribution in [1.82, 2.24) is 9.47 Å². The maximum absolute atomic E-state index is 12.1. The van der Waals surface area contributed by atoms with Crippen molar-refractivity contribution in [3.8, 4) is 22.8 Å². The molecule has 1 fully saturated rings. The molecule has 3 aromatic rings. The molecule has 2 amide bonds. The molecule has 0 saturated carbocycles. The molecule has 0 atom stereocenters. The molecule has 0 aliphatic carbocycles. The fourth-order valence-corrected chi connectivity index (χ4v) is 5.35. The standard InChI is InChI=1S/C26H28N4O4S/c1-2-33-22-8-4-3-7-19(22)28-26-30(14-6-13-29-12-5-9-25(29)32)21(17-35-26)18-10-11-23-20(15-18)27-24(31)16-34-23/h3-4,7-8,10-11,15,17H,2,5-6,9,12-14,16H2,1H3,(H,27,31). The van der Waals surface area contributed by atoms with Crippen LogP contribution in [0.2, 0.25) is 0 Å². The van der Waals surface area contributed by atoms with Crippen molar-refractivity contribution >= 4 is 34.5 Å². The highest BCUT2D eigenvalue weighted by Gasteiger charge is 2.20. The number of hydrogen-bond acceptors (Lipinski definition) is 6. The second-order valence-electron chi connectivity index (χ2n) is 8.45. The third-order valence-electron chi connectivity index (χ3n) is 6.07. The summed E-state index contributed by atoms with van der Waals surface area (Å²) < 4.78 is 13.5. The van der Waals surface area contributed by atoms with Crippen LogP contribution >= 0.6 is 11.3 Å². The summed E-state index contributed by atoms with van der Waals surface area (Å²) in [6.45, 7) is 4.82. The molecule has 2 aliphatic rings. The summed E-state index contributed by atoms with van der Waals surface area (Å²) in [7, 11) is 0. The lowest BCUT2D eigenvalue weighted by atomic mass is 10.1. The van der Waals surface area contributed by atoms with Crippen LogP contribution in [-0.4, -0.2) is 47.6 Å². The SMILES string of the molecule is CCOc1ccccc1N=c1scc(-c2ccc3c(c2)NC(=O)CO3)n1CCCN1CCCC1=O. The Morgan fingerprint density at radius 1 is 1.17 bits per heavy atom. The van der Waals surface area contributed by atoms with Gasteiger partial charge in [0.15, 0.2) is 11.4 Å². The number of aromatic nitrogens is 1. The Kier molecular flexibility index (Phi) is 6.85. The molecule has 0 unspecified atom stereocenters. The molecule has 5 rings (SSSR count). The number of nitrogens with zero attached hydrogens (tertiary/aromatic N) is 3. The Morgan fingerprint density at radius 2 is 2.06 bits per heavy atom. The van der Waals surface area contributed by atoms with Crippen LogP contribution in [0.1, 0.15) is 26.2 Å². The number of likely N-dealkylation sites (tertiary alicyclic amines) is 1. The van der Waals surface area contributed by atoms with Gasteiger partial charge in [0.25, 0.3) is 5.91 Å². The summed E-state index contributed by atoms with van der Waals surface area (Å²) in [6.07, 6.45) is 2.41. The molecule has 8 nitrogen and oxygen atoms in total. The van der Waals surface area contributed by atoms with Gasteiger partial charge >= 0.3 is 0 Å². The highest BCUT2D eigenvalue weighted by Crippen LogP contribution is 2.33. The van der Waals surface area contributed by atoms with Gasteiger partial charge in [0, 0.05) is 37.0 Å². The third kappa shape index (κ3) is 5.09. The lowest BCUT2D eigenvalue weighted by molar-refractivity contribution is -0.127. The first-order valence-electron chi connectivity index (χ1n) is 11.9. The Morgan fingerprint density at radius 3 is 2.89 bits per heavy atom. The van der Waals surface area contributed by atoms with E-state index < -0.39 is 0 Å². The molecule has 3 heterocycles. The monoisotopic (exact) mass is 492 g/mol. The Labute approximate surface area is 207 Å². The van der Waals surface area contributed by atoms with E-state index in [1.807, 2.05) is 54.3 Å². The van der Waals surface area contributed by atoms with Gasteiger partial charge in [0.2, 0.25) is 5.91 Å². The zero-order chi connectivity index (χ0) is 24.2. The van der Waals surface area contributed by atoms with Crippen molar-refractivity contribution in [3.05, 3.63) is 52.6 Å². The summed E-state index contributed by atoms with van der Waals surface area (Å²) in [4.78, 5) is 31.6. The minimum absolute atomic E-state index is 0.0300. The lowest BCUT2D eigenvalue weighted by Crippen LogP contribution is -2.27. The van der Waals surface area contributed by atoms with Crippen molar-refractivity contribution in [2.45, 2.75) is 32.7 Å². The minimum Gasteiger partial charge on any atom is -0.492 e. The van der Waals surface area contributed by atoms with Gasteiger partial charge in [-0.05, 0) is 50.1 Å². The number of fused-ring (bicyclic) bond motifs is 1. The number of hydrogen-bond donors (Lipinski definition) is 1. The number of thiazole rings is 1. The predicted molar refractivity (Wildman–Crippen MR) is 135 cm³/mol. The van der Waals surface area contributed by atoms with Crippen LogP contribution in [0, 0.1) is 0 Å². The summed E-state index contributed by atoms with van der Waals surface area (Å²) in [5, 5.41) is 4.97. The average Bonchev–Trinajstić information content (AvgIpc) is 3.46. The maximum atomic E-state index is 12.1. The first-order valence-corrected chi connectivity index (χ1v) is 12.8. The van der Waals surface area contributed by atoms with Gasteiger partial charge < -0.3 is 24.3 Å². The van der Waals surface area contributed by atoms with Crippen molar-refractivity contribution in [2.75, 3.05) is 31.6 Å². The summed E-state index contributed by atoms with van der Waals surface area (Å²) >= 11 is 1.56. The van der Waals surface area contributed by atoms with Crippen LogP contribution in [0.5, 0.6) is 11.5 Å². The zero-order valence-corrected chi connectivity index (χ0v) is 20.5. The minimum atomic E-state index is -0.161. The van der Waals surface area contributed by atoms with Crippen LogP contribution in [0.4, 0.5) is 11.4 Å². The normalized spacial score (nSPS) is 15.7. The number of benzene rings is 2. The van der Waals surface area contributed by atoms with Crippen LogP contribution in [0.3, 0.4) is 0 Å². The second kappa shape index (κ2) is 10.4. The Bertz CT molecular complexity index is 1310. The summed E-state index contributed by atoms with van der Waals surface area (Å²) in [5.74, 6) is 1.49. The molecule has 35 heavy (non-hydrogen) atoms. The van der Waals surface area contributed by atoms with Gasteiger partial charge in [0.05, 0.1) is 18.0 Å². The molecule has 1 aromatic heterocycles. The number of amides is 2. The first kappa shape index (κ1) is 23.2. The summed E-state index contributed by atoms with van der Waals surface area (Å²) in [6, 6.07) is 13.6. The third-order valence-corrected chi connectivity index (χ3v) is 6.93. The van der Waals surface area contributed by atoms with Gasteiger partial charge in [-0.3, -0.25) is 9.59 Å².